The molecule has 6 nitrogen and oxygen atoms in total. The highest BCUT2D eigenvalue weighted by Crippen LogP contribution is 2.31. The van der Waals surface area contributed by atoms with E-state index in [9.17, 15) is 9.90 Å². The molecule has 0 aromatic heterocycles. The van der Waals surface area contributed by atoms with Gasteiger partial charge < -0.3 is 21.1 Å². The highest BCUT2D eigenvalue weighted by Gasteiger charge is 2.26. The number of para-hydroxylation sites is 1. The van der Waals surface area contributed by atoms with Crippen LogP contribution in [0.3, 0.4) is 0 Å². The number of fused-ring (bicyclic) bond motifs is 1. The van der Waals surface area contributed by atoms with Gasteiger partial charge in [0, 0.05) is 36.5 Å². The van der Waals surface area contributed by atoms with E-state index in [1.807, 2.05) is 25.1 Å². The van der Waals surface area contributed by atoms with Crippen LogP contribution in [0.2, 0.25) is 0 Å². The Morgan fingerprint density at radius 1 is 1.26 bits per heavy atom. The summed E-state index contributed by atoms with van der Waals surface area (Å²) in [6.07, 6.45) is 2.24. The molecule has 27 heavy (non-hydrogen) atoms. The van der Waals surface area contributed by atoms with Gasteiger partial charge in [0.15, 0.2) is 5.96 Å². The van der Waals surface area contributed by atoms with E-state index >= 15 is 0 Å². The lowest BCUT2D eigenvalue weighted by molar-refractivity contribution is -0.116. The molecule has 152 valence electrons. The van der Waals surface area contributed by atoms with E-state index in [1.165, 1.54) is 0 Å². The van der Waals surface area contributed by atoms with E-state index in [0.29, 0.717) is 19.5 Å². The molecule has 1 amide bonds. The lowest BCUT2D eigenvalue weighted by Crippen LogP contribution is -2.41. The standard InChI is InChI=1S/C20H32N4O2.HI/c1-4-20(5-2,14-25)13-23-19(21-6-3)22-12-15-11-18(26)24-17-10-8-7-9-16(15)17;/h7-10,15,25H,4-6,11-14H2,1-3H3,(H,24,26)(H2,21,22,23);1H. The van der Waals surface area contributed by atoms with Crippen LogP contribution in [0.4, 0.5) is 5.69 Å². The Bertz CT molecular complexity index is 624. The number of benzene rings is 1. The highest BCUT2D eigenvalue weighted by molar-refractivity contribution is 14.0. The number of nitrogens with one attached hydrogen (secondary N) is 3. The summed E-state index contributed by atoms with van der Waals surface area (Å²) in [5.74, 6) is 0.896. The number of hydrogen-bond acceptors (Lipinski definition) is 3. The van der Waals surface area contributed by atoms with Gasteiger partial charge in [-0.2, -0.15) is 0 Å². The molecule has 1 aliphatic rings. The summed E-state index contributed by atoms with van der Waals surface area (Å²) >= 11 is 0. The van der Waals surface area contributed by atoms with Gasteiger partial charge in [-0.3, -0.25) is 9.79 Å². The number of anilines is 1. The van der Waals surface area contributed by atoms with Crippen molar-refractivity contribution in [1.82, 2.24) is 10.6 Å². The Morgan fingerprint density at radius 2 is 1.96 bits per heavy atom. The molecule has 0 saturated heterocycles. The van der Waals surface area contributed by atoms with Crippen LogP contribution in [0.15, 0.2) is 29.3 Å². The minimum absolute atomic E-state index is 0. The van der Waals surface area contributed by atoms with Gasteiger partial charge in [0.25, 0.3) is 0 Å². The van der Waals surface area contributed by atoms with Crippen molar-refractivity contribution >= 4 is 41.5 Å². The number of carbonyl (C=O) groups is 1. The molecule has 0 spiro atoms. The molecule has 0 radical (unpaired) electrons. The summed E-state index contributed by atoms with van der Waals surface area (Å²) in [4.78, 5) is 16.7. The second-order valence-corrected chi connectivity index (χ2v) is 6.98. The average Bonchev–Trinajstić information content (AvgIpc) is 2.67. The van der Waals surface area contributed by atoms with Gasteiger partial charge in [0.05, 0.1) is 13.2 Å². The maximum absolute atomic E-state index is 12.0. The van der Waals surface area contributed by atoms with Crippen LogP contribution in [0.1, 0.15) is 51.5 Å². The summed E-state index contributed by atoms with van der Waals surface area (Å²) in [6.45, 7) is 8.32. The van der Waals surface area contributed by atoms with Crippen molar-refractivity contribution in [2.24, 2.45) is 10.4 Å². The van der Waals surface area contributed by atoms with E-state index in [2.05, 4.69) is 35.9 Å². The lowest BCUT2D eigenvalue weighted by Gasteiger charge is -2.28. The Labute approximate surface area is 179 Å². The van der Waals surface area contributed by atoms with Gasteiger partial charge in [-0.1, -0.05) is 32.0 Å². The number of rotatable bonds is 8. The van der Waals surface area contributed by atoms with E-state index < -0.39 is 0 Å². The van der Waals surface area contributed by atoms with Gasteiger partial charge in [0.2, 0.25) is 5.91 Å². The Hall–Kier alpha value is -1.35. The van der Waals surface area contributed by atoms with Crippen LogP contribution >= 0.6 is 24.0 Å². The van der Waals surface area contributed by atoms with E-state index in [0.717, 1.165) is 36.6 Å². The molecule has 0 aliphatic carbocycles. The van der Waals surface area contributed by atoms with Crippen molar-refractivity contribution in [2.45, 2.75) is 46.0 Å². The smallest absolute Gasteiger partial charge is 0.225 e. The van der Waals surface area contributed by atoms with Crippen LogP contribution in [0, 0.1) is 5.41 Å². The molecule has 1 aromatic rings. The van der Waals surface area contributed by atoms with Crippen LogP contribution in [0.5, 0.6) is 0 Å². The van der Waals surface area contributed by atoms with Crippen molar-refractivity contribution in [3.63, 3.8) is 0 Å². The highest BCUT2D eigenvalue weighted by atomic mass is 127. The fourth-order valence-electron chi connectivity index (χ4n) is 3.24. The summed E-state index contributed by atoms with van der Waals surface area (Å²) in [5.41, 5.74) is 1.88. The first-order valence-electron chi connectivity index (χ1n) is 9.59. The predicted molar refractivity (Wildman–Crippen MR) is 122 cm³/mol. The predicted octanol–water partition coefficient (Wildman–Crippen LogP) is 3.08. The zero-order chi connectivity index (χ0) is 19.0. The minimum atomic E-state index is -0.167. The number of aliphatic imine (C=N–C) groups is 1. The molecular formula is C20H33IN4O2. The van der Waals surface area contributed by atoms with Crippen LogP contribution in [-0.2, 0) is 4.79 Å². The van der Waals surface area contributed by atoms with Crippen molar-refractivity contribution in [3.8, 4) is 0 Å². The largest absolute Gasteiger partial charge is 0.396 e. The van der Waals surface area contributed by atoms with Crippen molar-refractivity contribution in [3.05, 3.63) is 29.8 Å². The number of carbonyl (C=O) groups excluding carboxylic acids is 1. The first kappa shape index (κ1) is 23.7. The second kappa shape index (κ2) is 11.5. The third-order valence-electron chi connectivity index (χ3n) is 5.37. The number of halogens is 1. The number of hydrogen-bond donors (Lipinski definition) is 4. The molecule has 0 fully saturated rings. The molecule has 1 aromatic carbocycles. The third kappa shape index (κ3) is 6.34. The molecule has 1 aliphatic heterocycles. The van der Waals surface area contributed by atoms with Gasteiger partial charge in [-0.25, -0.2) is 0 Å². The number of amides is 1. The lowest BCUT2D eigenvalue weighted by atomic mass is 9.83. The Balaban J connectivity index is 0.00000364. The second-order valence-electron chi connectivity index (χ2n) is 6.98. The normalized spacial score (nSPS) is 16.8. The fraction of sp³-hybridized carbons (Fsp3) is 0.600. The molecule has 1 atom stereocenters. The molecule has 4 N–H and O–H groups in total. The van der Waals surface area contributed by atoms with E-state index in [4.69, 9.17) is 4.99 Å². The molecule has 1 heterocycles. The van der Waals surface area contributed by atoms with E-state index in [-0.39, 0.29) is 47.8 Å². The van der Waals surface area contributed by atoms with E-state index in [1.54, 1.807) is 0 Å². The summed E-state index contributed by atoms with van der Waals surface area (Å²) in [7, 11) is 0. The summed E-state index contributed by atoms with van der Waals surface area (Å²) in [6, 6.07) is 7.94. The average molecular weight is 488 g/mol. The van der Waals surface area contributed by atoms with Gasteiger partial charge in [-0.05, 0) is 31.4 Å². The zero-order valence-corrected chi connectivity index (χ0v) is 18.9. The third-order valence-corrected chi connectivity index (χ3v) is 5.37. The van der Waals surface area contributed by atoms with Crippen LogP contribution < -0.4 is 16.0 Å². The monoisotopic (exact) mass is 488 g/mol. The molecule has 2 rings (SSSR count). The number of guanidine groups is 1. The first-order chi connectivity index (χ1) is 12.6. The van der Waals surface area contributed by atoms with Crippen LogP contribution in [-0.4, -0.2) is 43.2 Å². The molecule has 0 saturated carbocycles. The molecular weight excluding hydrogens is 455 g/mol. The first-order valence-corrected chi connectivity index (χ1v) is 9.59. The maximum atomic E-state index is 12.0. The van der Waals surface area contributed by atoms with Crippen molar-refractivity contribution in [1.29, 1.82) is 0 Å². The number of nitrogens with zero attached hydrogens (tertiary/aromatic N) is 1. The topological polar surface area (TPSA) is 85.8 Å². The van der Waals surface area contributed by atoms with Gasteiger partial charge in [0.1, 0.15) is 0 Å². The molecule has 1 unspecified atom stereocenters. The van der Waals surface area contributed by atoms with Gasteiger partial charge in [-0.15, -0.1) is 24.0 Å². The summed E-state index contributed by atoms with van der Waals surface area (Å²) < 4.78 is 0. The molecule has 7 heteroatoms. The maximum Gasteiger partial charge on any atom is 0.225 e. The minimum Gasteiger partial charge on any atom is -0.396 e. The number of aliphatic hydroxyl groups excluding tert-OH is 1. The Kier molecular flexibility index (Phi) is 10.1. The van der Waals surface area contributed by atoms with Crippen LogP contribution in [0.25, 0.3) is 0 Å². The quantitative estimate of drug-likeness (QED) is 0.258. The summed E-state index contributed by atoms with van der Waals surface area (Å²) in [5, 5.41) is 19.3. The van der Waals surface area contributed by atoms with Gasteiger partial charge >= 0.3 is 0 Å². The SMILES string of the molecule is CCNC(=NCC(CC)(CC)CO)NCC1CC(=O)Nc2ccccc21.I. The Morgan fingerprint density at radius 3 is 2.59 bits per heavy atom. The molecule has 0 bridgehead atoms. The van der Waals surface area contributed by atoms with Crippen molar-refractivity contribution in [2.75, 3.05) is 31.6 Å². The fourth-order valence-corrected chi connectivity index (χ4v) is 3.24. The van der Waals surface area contributed by atoms with Crippen molar-refractivity contribution < 1.29 is 9.90 Å². The zero-order valence-electron chi connectivity index (χ0n) is 16.5. The number of aliphatic hydroxyl groups is 1.